The Morgan fingerprint density at radius 1 is 1.47 bits per heavy atom. The van der Waals surface area contributed by atoms with Crippen LogP contribution in [0.5, 0.6) is 0 Å². The van der Waals surface area contributed by atoms with Gasteiger partial charge in [-0.3, -0.25) is 4.79 Å². The van der Waals surface area contributed by atoms with E-state index in [1.165, 1.54) is 0 Å². The first-order valence-corrected chi connectivity index (χ1v) is 6.97. The molecule has 0 aromatic heterocycles. The second-order valence-corrected chi connectivity index (χ2v) is 5.19. The third-order valence-electron chi connectivity index (χ3n) is 3.75. The van der Waals surface area contributed by atoms with Crippen molar-refractivity contribution in [3.05, 3.63) is 0 Å². The Bertz CT molecular complexity index is 298. The lowest BCUT2D eigenvalue weighted by molar-refractivity contribution is -0.135. The van der Waals surface area contributed by atoms with Crippen LogP contribution in [0, 0.1) is 0 Å². The fourth-order valence-corrected chi connectivity index (χ4v) is 2.74. The molecule has 19 heavy (non-hydrogen) atoms. The third kappa shape index (κ3) is 3.87. The topological polar surface area (TPSA) is 50.8 Å². The predicted molar refractivity (Wildman–Crippen MR) is 68.7 cm³/mol. The molecular formula is C13H23FN2O3. The zero-order valence-corrected chi connectivity index (χ0v) is 11.4. The molecule has 1 amide bonds. The van der Waals surface area contributed by atoms with Crippen molar-refractivity contribution in [3.63, 3.8) is 0 Å². The Kier molecular flexibility index (Phi) is 5.54. The number of hydrogen-bond donors (Lipinski definition) is 1. The molecule has 2 aliphatic rings. The Morgan fingerprint density at radius 3 is 3.00 bits per heavy atom. The molecule has 5 nitrogen and oxygen atoms in total. The van der Waals surface area contributed by atoms with Crippen LogP contribution in [-0.2, 0) is 14.3 Å². The van der Waals surface area contributed by atoms with Crippen LogP contribution in [0.15, 0.2) is 0 Å². The highest BCUT2D eigenvalue weighted by Crippen LogP contribution is 2.23. The van der Waals surface area contributed by atoms with E-state index in [0.29, 0.717) is 26.2 Å². The van der Waals surface area contributed by atoms with E-state index in [4.69, 9.17) is 9.47 Å². The third-order valence-corrected chi connectivity index (χ3v) is 3.75. The van der Waals surface area contributed by atoms with Gasteiger partial charge < -0.3 is 19.7 Å². The predicted octanol–water partition coefficient (Wildman–Crippen LogP) is 0.340. The van der Waals surface area contributed by atoms with Crippen molar-refractivity contribution < 1.29 is 18.7 Å². The molecule has 0 spiro atoms. The van der Waals surface area contributed by atoms with Crippen LogP contribution in [0.25, 0.3) is 0 Å². The summed E-state index contributed by atoms with van der Waals surface area (Å²) in [7, 11) is 1.61. The Labute approximate surface area is 113 Å². The van der Waals surface area contributed by atoms with Crippen LogP contribution >= 0.6 is 0 Å². The molecule has 3 atom stereocenters. The number of amides is 1. The maximum atomic E-state index is 13.6. The molecule has 2 rings (SSSR count). The lowest BCUT2D eigenvalue weighted by Crippen LogP contribution is -2.47. The molecule has 1 N–H and O–H groups in total. The Balaban J connectivity index is 1.83. The van der Waals surface area contributed by atoms with Gasteiger partial charge in [-0.15, -0.1) is 0 Å². The Morgan fingerprint density at radius 2 is 2.32 bits per heavy atom. The summed E-state index contributed by atoms with van der Waals surface area (Å²) in [6.45, 7) is 2.47. The first kappa shape index (κ1) is 14.7. The standard InChI is InChI=1S/C13H23FN2O3/c1-18-5-6-19-9-11-7-10(14)8-16(11)13(17)12-3-2-4-15-12/h10-12,15H,2-9H2,1H3/t10-,11-,12-/m0/s1. The molecule has 0 radical (unpaired) electrons. The highest BCUT2D eigenvalue weighted by molar-refractivity contribution is 5.82. The van der Waals surface area contributed by atoms with Gasteiger partial charge in [0.05, 0.1) is 38.4 Å². The van der Waals surface area contributed by atoms with Crippen molar-refractivity contribution in [2.24, 2.45) is 0 Å². The van der Waals surface area contributed by atoms with Crippen molar-refractivity contribution in [1.29, 1.82) is 0 Å². The zero-order valence-electron chi connectivity index (χ0n) is 11.4. The monoisotopic (exact) mass is 274 g/mol. The maximum absolute atomic E-state index is 13.6. The van der Waals surface area contributed by atoms with E-state index in [0.717, 1.165) is 19.4 Å². The highest BCUT2D eigenvalue weighted by atomic mass is 19.1. The fraction of sp³-hybridized carbons (Fsp3) is 0.923. The van der Waals surface area contributed by atoms with E-state index < -0.39 is 6.17 Å². The van der Waals surface area contributed by atoms with Crippen LogP contribution in [0.2, 0.25) is 0 Å². The summed E-state index contributed by atoms with van der Waals surface area (Å²) in [6.07, 6.45) is 1.31. The maximum Gasteiger partial charge on any atom is 0.240 e. The van der Waals surface area contributed by atoms with E-state index in [1.807, 2.05) is 0 Å². The molecule has 2 fully saturated rings. The summed E-state index contributed by atoms with van der Waals surface area (Å²) in [5.41, 5.74) is 0. The van der Waals surface area contributed by atoms with Crippen LogP contribution in [0.3, 0.4) is 0 Å². The number of hydrogen-bond acceptors (Lipinski definition) is 4. The number of ether oxygens (including phenoxy) is 2. The molecule has 0 aromatic carbocycles. The van der Waals surface area contributed by atoms with Gasteiger partial charge in [0.25, 0.3) is 0 Å². The summed E-state index contributed by atoms with van der Waals surface area (Å²) < 4.78 is 23.9. The van der Waals surface area contributed by atoms with E-state index in [1.54, 1.807) is 12.0 Å². The molecule has 110 valence electrons. The summed E-state index contributed by atoms with van der Waals surface area (Å²) >= 11 is 0. The summed E-state index contributed by atoms with van der Waals surface area (Å²) in [4.78, 5) is 14.0. The van der Waals surface area contributed by atoms with Gasteiger partial charge in [-0.1, -0.05) is 0 Å². The molecule has 2 saturated heterocycles. The molecule has 0 aliphatic carbocycles. The van der Waals surface area contributed by atoms with Gasteiger partial charge in [-0.25, -0.2) is 4.39 Å². The van der Waals surface area contributed by atoms with Crippen molar-refractivity contribution in [2.45, 2.75) is 37.5 Å². The van der Waals surface area contributed by atoms with Gasteiger partial charge in [0, 0.05) is 13.5 Å². The van der Waals surface area contributed by atoms with Gasteiger partial charge in [0.15, 0.2) is 0 Å². The molecule has 0 aromatic rings. The van der Waals surface area contributed by atoms with Gasteiger partial charge in [-0.05, 0) is 19.4 Å². The number of likely N-dealkylation sites (tertiary alicyclic amines) is 1. The van der Waals surface area contributed by atoms with Crippen molar-refractivity contribution in [2.75, 3.05) is 40.0 Å². The smallest absolute Gasteiger partial charge is 0.240 e. The fourth-order valence-electron chi connectivity index (χ4n) is 2.74. The normalized spacial score (nSPS) is 31.1. The number of methoxy groups -OCH3 is 1. The molecular weight excluding hydrogens is 251 g/mol. The summed E-state index contributed by atoms with van der Waals surface area (Å²) in [5.74, 6) is 0.0259. The summed E-state index contributed by atoms with van der Waals surface area (Å²) in [5, 5.41) is 3.17. The minimum Gasteiger partial charge on any atom is -0.382 e. The average Bonchev–Trinajstić information content (AvgIpc) is 3.03. The number of nitrogens with zero attached hydrogens (tertiary/aromatic N) is 1. The second kappa shape index (κ2) is 7.17. The van der Waals surface area contributed by atoms with Crippen molar-refractivity contribution >= 4 is 5.91 Å². The van der Waals surface area contributed by atoms with E-state index >= 15 is 0 Å². The van der Waals surface area contributed by atoms with Crippen molar-refractivity contribution in [1.82, 2.24) is 10.2 Å². The quantitative estimate of drug-likeness (QED) is 0.710. The number of rotatable bonds is 6. The average molecular weight is 274 g/mol. The zero-order chi connectivity index (χ0) is 13.7. The number of carbonyl (C=O) groups is 1. The number of alkyl halides is 1. The van der Waals surface area contributed by atoms with Crippen LogP contribution in [0.4, 0.5) is 4.39 Å². The van der Waals surface area contributed by atoms with Crippen molar-refractivity contribution in [3.8, 4) is 0 Å². The molecule has 2 aliphatic heterocycles. The molecule has 6 heteroatoms. The number of carbonyl (C=O) groups excluding carboxylic acids is 1. The lowest BCUT2D eigenvalue weighted by atomic mass is 10.2. The number of nitrogens with one attached hydrogen (secondary N) is 1. The molecule has 0 unspecified atom stereocenters. The van der Waals surface area contributed by atoms with E-state index in [9.17, 15) is 9.18 Å². The van der Waals surface area contributed by atoms with Gasteiger partial charge in [-0.2, -0.15) is 0 Å². The lowest BCUT2D eigenvalue weighted by Gasteiger charge is -2.27. The largest absolute Gasteiger partial charge is 0.382 e. The number of halogens is 1. The molecule has 2 heterocycles. The SMILES string of the molecule is COCCOC[C@@H]1C[C@H](F)CN1C(=O)[C@@H]1CCCN1. The van der Waals surface area contributed by atoms with Gasteiger partial charge >= 0.3 is 0 Å². The molecule has 0 saturated carbocycles. The van der Waals surface area contributed by atoms with E-state index in [-0.39, 0.29) is 24.5 Å². The Hall–Kier alpha value is -0.720. The second-order valence-electron chi connectivity index (χ2n) is 5.19. The minimum absolute atomic E-state index is 0.0259. The van der Waals surface area contributed by atoms with Gasteiger partial charge in [0.1, 0.15) is 6.17 Å². The first-order chi connectivity index (χ1) is 9.22. The van der Waals surface area contributed by atoms with Crippen LogP contribution < -0.4 is 5.32 Å². The van der Waals surface area contributed by atoms with Crippen LogP contribution in [-0.4, -0.2) is 69.1 Å². The highest BCUT2D eigenvalue weighted by Gasteiger charge is 2.38. The minimum atomic E-state index is -0.929. The van der Waals surface area contributed by atoms with Gasteiger partial charge in [0.2, 0.25) is 5.91 Å². The summed E-state index contributed by atoms with van der Waals surface area (Å²) in [6, 6.07) is -0.270. The first-order valence-electron chi connectivity index (χ1n) is 6.97. The van der Waals surface area contributed by atoms with Crippen LogP contribution in [0.1, 0.15) is 19.3 Å². The van der Waals surface area contributed by atoms with E-state index in [2.05, 4.69) is 5.32 Å². The molecule has 0 bridgehead atoms.